The van der Waals surface area contributed by atoms with Crippen LogP contribution in [0.15, 0.2) is 52.1 Å². The van der Waals surface area contributed by atoms with Crippen LogP contribution in [0.1, 0.15) is 0 Å². The molecule has 1 aromatic heterocycles. The first-order valence-corrected chi connectivity index (χ1v) is 7.63. The third-order valence-corrected chi connectivity index (χ3v) is 3.92. The lowest BCUT2D eigenvalue weighted by Crippen LogP contribution is -2.03. The normalized spacial score (nSPS) is 10.3. The highest BCUT2D eigenvalue weighted by atomic mass is 79.9. The summed E-state index contributed by atoms with van der Waals surface area (Å²) in [6.45, 7) is 0.899. The van der Waals surface area contributed by atoms with Crippen LogP contribution in [0.2, 0.25) is 5.02 Å². The number of anilines is 1. The molecule has 0 amide bonds. The molecule has 0 atom stereocenters. The molecule has 0 unspecified atom stereocenters. The maximum absolute atomic E-state index is 5.78. The third-order valence-electron chi connectivity index (χ3n) is 2.23. The number of nitrogens with zero attached hydrogens (tertiary/aromatic N) is 1. The van der Waals surface area contributed by atoms with Crippen LogP contribution in [0.25, 0.3) is 0 Å². The molecule has 2 nitrogen and oxygen atoms in total. The van der Waals surface area contributed by atoms with Crippen molar-refractivity contribution in [3.63, 3.8) is 0 Å². The first-order valence-electron chi connectivity index (χ1n) is 5.48. The summed E-state index contributed by atoms with van der Waals surface area (Å²) in [6, 6.07) is 11.9. The van der Waals surface area contributed by atoms with Crippen molar-refractivity contribution in [1.29, 1.82) is 0 Å². The van der Waals surface area contributed by atoms with Crippen molar-refractivity contribution < 1.29 is 0 Å². The summed E-state index contributed by atoms with van der Waals surface area (Å²) in [5, 5.41) is 5.03. The Kier molecular flexibility index (Phi) is 5.35. The van der Waals surface area contributed by atoms with E-state index in [1.54, 1.807) is 18.0 Å². The summed E-state index contributed by atoms with van der Waals surface area (Å²) < 4.78 is 1.09. The van der Waals surface area contributed by atoms with E-state index in [0.717, 1.165) is 27.5 Å². The van der Waals surface area contributed by atoms with E-state index < -0.39 is 0 Å². The van der Waals surface area contributed by atoms with Gasteiger partial charge in [-0.05, 0) is 36.4 Å². The van der Waals surface area contributed by atoms with Crippen LogP contribution in [0.5, 0.6) is 0 Å². The Morgan fingerprint density at radius 3 is 2.61 bits per heavy atom. The maximum Gasteiger partial charge on any atom is 0.0961 e. The van der Waals surface area contributed by atoms with E-state index in [4.69, 9.17) is 11.6 Å². The Morgan fingerprint density at radius 2 is 1.94 bits per heavy atom. The van der Waals surface area contributed by atoms with Gasteiger partial charge in [0.1, 0.15) is 0 Å². The van der Waals surface area contributed by atoms with Crippen molar-refractivity contribution in [1.82, 2.24) is 4.98 Å². The minimum atomic E-state index is 0.673. The Bertz CT molecular complexity index is 440. The van der Waals surface area contributed by atoms with Gasteiger partial charge >= 0.3 is 0 Å². The van der Waals surface area contributed by atoms with Crippen molar-refractivity contribution in [2.75, 3.05) is 17.6 Å². The van der Waals surface area contributed by atoms with Gasteiger partial charge in [0.05, 0.1) is 10.0 Å². The Labute approximate surface area is 124 Å². The van der Waals surface area contributed by atoms with Gasteiger partial charge in [-0.2, -0.15) is 0 Å². The van der Waals surface area contributed by atoms with E-state index >= 15 is 0 Å². The summed E-state index contributed by atoms with van der Waals surface area (Å²) >= 11 is 10.9. The lowest BCUT2D eigenvalue weighted by atomic mass is 10.3. The fourth-order valence-electron chi connectivity index (χ4n) is 1.37. The molecule has 0 bridgehead atoms. The maximum atomic E-state index is 5.78. The van der Waals surface area contributed by atoms with E-state index in [0.29, 0.717) is 5.02 Å². The topological polar surface area (TPSA) is 24.9 Å². The van der Waals surface area contributed by atoms with Gasteiger partial charge in [-0.25, -0.2) is 4.98 Å². The van der Waals surface area contributed by atoms with Gasteiger partial charge in [0, 0.05) is 28.7 Å². The van der Waals surface area contributed by atoms with Crippen molar-refractivity contribution in [3.05, 3.63) is 52.1 Å². The van der Waals surface area contributed by atoms with Gasteiger partial charge < -0.3 is 5.32 Å². The van der Waals surface area contributed by atoms with Gasteiger partial charge in [-0.1, -0.05) is 27.5 Å². The van der Waals surface area contributed by atoms with E-state index in [-0.39, 0.29) is 0 Å². The molecule has 0 aliphatic carbocycles. The molecule has 18 heavy (non-hydrogen) atoms. The summed E-state index contributed by atoms with van der Waals surface area (Å²) in [5.74, 6) is 0.963. The molecule has 0 spiro atoms. The Balaban J connectivity index is 1.73. The molecule has 0 saturated heterocycles. The summed E-state index contributed by atoms with van der Waals surface area (Å²) in [6.07, 6.45) is 1.67. The molecule has 2 rings (SSSR count). The summed E-state index contributed by atoms with van der Waals surface area (Å²) in [7, 11) is 0. The Hall–Kier alpha value is -0.710. The zero-order valence-corrected chi connectivity index (χ0v) is 12.7. The number of benzene rings is 1. The number of aromatic nitrogens is 1. The first-order chi connectivity index (χ1) is 8.74. The molecule has 1 aromatic carbocycles. The smallest absolute Gasteiger partial charge is 0.0961 e. The monoisotopic (exact) mass is 342 g/mol. The van der Waals surface area contributed by atoms with Crippen molar-refractivity contribution in [2.24, 2.45) is 0 Å². The predicted molar refractivity (Wildman–Crippen MR) is 82.6 cm³/mol. The van der Waals surface area contributed by atoms with Crippen molar-refractivity contribution >= 4 is 45.0 Å². The summed E-state index contributed by atoms with van der Waals surface area (Å²) in [5.41, 5.74) is 1.13. The van der Waals surface area contributed by atoms with E-state index in [1.807, 2.05) is 24.3 Å². The van der Waals surface area contributed by atoms with Crippen LogP contribution in [-0.2, 0) is 0 Å². The number of rotatable bonds is 5. The van der Waals surface area contributed by atoms with Crippen molar-refractivity contribution in [3.8, 4) is 0 Å². The van der Waals surface area contributed by atoms with Crippen LogP contribution in [0.3, 0.4) is 0 Å². The highest BCUT2D eigenvalue weighted by molar-refractivity contribution is 9.10. The molecule has 5 heteroatoms. The fourth-order valence-corrected chi connectivity index (χ4v) is 2.45. The second-order valence-electron chi connectivity index (χ2n) is 3.60. The quantitative estimate of drug-likeness (QED) is 0.629. The van der Waals surface area contributed by atoms with E-state index in [9.17, 15) is 0 Å². The molecule has 1 N–H and O–H groups in total. The molecule has 2 aromatic rings. The zero-order valence-electron chi connectivity index (χ0n) is 9.57. The SMILES string of the molecule is Clc1ccc(SCCNc2ccc(Br)cc2)nc1. The van der Waals surface area contributed by atoms with Crippen LogP contribution in [-0.4, -0.2) is 17.3 Å². The lowest BCUT2D eigenvalue weighted by Gasteiger charge is -2.06. The molecule has 1 heterocycles. The number of thioether (sulfide) groups is 1. The average molecular weight is 344 g/mol. The molecule has 0 fully saturated rings. The van der Waals surface area contributed by atoms with Gasteiger partial charge in [0.25, 0.3) is 0 Å². The molecular formula is C13H12BrClN2S. The predicted octanol–water partition coefficient (Wildman–Crippen LogP) is 4.70. The largest absolute Gasteiger partial charge is 0.384 e. The van der Waals surface area contributed by atoms with Gasteiger partial charge in [0.15, 0.2) is 0 Å². The molecule has 0 aliphatic rings. The van der Waals surface area contributed by atoms with Gasteiger partial charge in [0.2, 0.25) is 0 Å². The van der Waals surface area contributed by atoms with E-state index in [1.165, 1.54) is 0 Å². The molecule has 0 saturated carbocycles. The van der Waals surface area contributed by atoms with Crippen LogP contribution >= 0.6 is 39.3 Å². The molecule has 0 aliphatic heterocycles. The fraction of sp³-hybridized carbons (Fsp3) is 0.154. The second-order valence-corrected chi connectivity index (χ2v) is 6.06. The molecule has 94 valence electrons. The minimum Gasteiger partial charge on any atom is -0.384 e. The molecular weight excluding hydrogens is 332 g/mol. The highest BCUT2D eigenvalue weighted by Gasteiger charge is 1.96. The average Bonchev–Trinajstić information content (AvgIpc) is 2.39. The van der Waals surface area contributed by atoms with E-state index in [2.05, 4.69) is 38.4 Å². The minimum absolute atomic E-state index is 0.673. The first kappa shape index (κ1) is 13.7. The van der Waals surface area contributed by atoms with Crippen LogP contribution < -0.4 is 5.32 Å². The van der Waals surface area contributed by atoms with Gasteiger partial charge in [-0.15, -0.1) is 11.8 Å². The number of nitrogens with one attached hydrogen (secondary N) is 1. The standard InChI is InChI=1S/C13H12BrClN2S/c14-10-1-4-12(5-2-10)16-7-8-18-13-6-3-11(15)9-17-13/h1-6,9,16H,7-8H2. The Morgan fingerprint density at radius 1 is 1.17 bits per heavy atom. The number of hydrogen-bond donors (Lipinski definition) is 1. The zero-order chi connectivity index (χ0) is 12.8. The van der Waals surface area contributed by atoms with Crippen LogP contribution in [0.4, 0.5) is 5.69 Å². The molecule has 0 radical (unpaired) electrons. The van der Waals surface area contributed by atoms with Crippen LogP contribution in [0, 0.1) is 0 Å². The second kappa shape index (κ2) is 7.02. The summed E-state index contributed by atoms with van der Waals surface area (Å²) in [4.78, 5) is 4.23. The number of halogens is 2. The lowest BCUT2D eigenvalue weighted by molar-refractivity contribution is 1.12. The third kappa shape index (κ3) is 4.52. The van der Waals surface area contributed by atoms with Gasteiger partial charge in [-0.3, -0.25) is 0 Å². The number of pyridine rings is 1. The van der Waals surface area contributed by atoms with Crippen molar-refractivity contribution in [2.45, 2.75) is 5.03 Å². The highest BCUT2D eigenvalue weighted by Crippen LogP contribution is 2.18. The number of hydrogen-bond acceptors (Lipinski definition) is 3.